The van der Waals surface area contributed by atoms with E-state index in [9.17, 15) is 0 Å². The average Bonchev–Trinajstić information content (AvgIpc) is 2.91. The maximum Gasteiger partial charge on any atom is 0.316 e. The van der Waals surface area contributed by atoms with Crippen molar-refractivity contribution in [3.63, 3.8) is 0 Å². The lowest BCUT2D eigenvalue weighted by atomic mass is 10.2. The van der Waals surface area contributed by atoms with Crippen molar-refractivity contribution in [2.45, 2.75) is 39.8 Å². The topological polar surface area (TPSA) is 47.0 Å². The molecule has 0 spiro atoms. The molecule has 0 radical (unpaired) electrons. The Hall–Kier alpha value is -1.46. The first-order valence-electron chi connectivity index (χ1n) is 6.86. The van der Waals surface area contributed by atoms with Crippen LogP contribution in [0.5, 0.6) is 6.01 Å². The van der Waals surface area contributed by atoms with E-state index in [1.165, 1.54) is 4.88 Å². The molecule has 2 aromatic heterocycles. The summed E-state index contributed by atoms with van der Waals surface area (Å²) in [6, 6.07) is 5.08. The van der Waals surface area contributed by atoms with Crippen molar-refractivity contribution in [2.24, 2.45) is 0 Å². The molecule has 0 aliphatic heterocycles. The lowest BCUT2D eigenvalue weighted by molar-refractivity contribution is 0.296. The van der Waals surface area contributed by atoms with Crippen LogP contribution in [0.4, 0.5) is 0 Å². The molecular formula is C15H21N3OS. The predicted molar refractivity (Wildman–Crippen MR) is 82.3 cm³/mol. The van der Waals surface area contributed by atoms with Gasteiger partial charge in [-0.15, -0.1) is 11.3 Å². The molecule has 2 rings (SSSR count). The van der Waals surface area contributed by atoms with Gasteiger partial charge >= 0.3 is 6.01 Å². The highest BCUT2D eigenvalue weighted by Gasteiger charge is 2.05. The van der Waals surface area contributed by atoms with Gasteiger partial charge in [0.25, 0.3) is 0 Å². The molecule has 4 nitrogen and oxygen atoms in total. The normalized spacial score (nSPS) is 11.0. The molecule has 108 valence electrons. The van der Waals surface area contributed by atoms with E-state index in [4.69, 9.17) is 4.74 Å². The standard InChI is InChI=1S/C15H21N3OS/c1-11(2)16-9-13-10-17-15(18-12(13)3)19-7-6-14-5-4-8-20-14/h4-5,8,10-11,16H,6-7,9H2,1-3H3. The Morgan fingerprint density at radius 2 is 2.25 bits per heavy atom. The summed E-state index contributed by atoms with van der Waals surface area (Å²) in [5.41, 5.74) is 2.09. The van der Waals surface area contributed by atoms with Crippen LogP contribution in [0.2, 0.25) is 0 Å². The number of rotatable bonds is 7. The molecule has 0 aromatic carbocycles. The number of ether oxygens (including phenoxy) is 1. The molecule has 2 heterocycles. The summed E-state index contributed by atoms with van der Waals surface area (Å²) in [7, 11) is 0. The van der Waals surface area contributed by atoms with Crippen molar-refractivity contribution in [1.82, 2.24) is 15.3 Å². The van der Waals surface area contributed by atoms with Crippen LogP contribution in [0, 0.1) is 6.92 Å². The van der Waals surface area contributed by atoms with Gasteiger partial charge in [0.2, 0.25) is 0 Å². The maximum atomic E-state index is 5.60. The first-order valence-corrected chi connectivity index (χ1v) is 7.74. The van der Waals surface area contributed by atoms with Crippen molar-refractivity contribution < 1.29 is 4.74 Å². The van der Waals surface area contributed by atoms with Gasteiger partial charge in [-0.05, 0) is 18.4 Å². The molecule has 2 aromatic rings. The Morgan fingerprint density at radius 3 is 2.90 bits per heavy atom. The minimum atomic E-state index is 0.455. The Kier molecular flexibility index (Phi) is 5.49. The Labute approximate surface area is 124 Å². The van der Waals surface area contributed by atoms with Crippen LogP contribution in [0.1, 0.15) is 30.0 Å². The number of nitrogens with one attached hydrogen (secondary N) is 1. The molecule has 0 aliphatic carbocycles. The maximum absolute atomic E-state index is 5.60. The number of aromatic nitrogens is 2. The minimum Gasteiger partial charge on any atom is -0.463 e. The SMILES string of the molecule is Cc1nc(OCCc2cccs2)ncc1CNC(C)C. The van der Waals surface area contributed by atoms with E-state index >= 15 is 0 Å². The second kappa shape index (κ2) is 7.36. The molecule has 0 fully saturated rings. The van der Waals surface area contributed by atoms with Gasteiger partial charge in [0.15, 0.2) is 0 Å². The molecule has 0 saturated heterocycles. The molecule has 5 heteroatoms. The lowest BCUT2D eigenvalue weighted by Crippen LogP contribution is -2.22. The lowest BCUT2D eigenvalue weighted by Gasteiger charge is -2.10. The summed E-state index contributed by atoms with van der Waals surface area (Å²) in [5, 5.41) is 5.44. The van der Waals surface area contributed by atoms with Crippen LogP contribution < -0.4 is 10.1 Å². The number of nitrogens with zero attached hydrogens (tertiary/aromatic N) is 2. The van der Waals surface area contributed by atoms with Crippen LogP contribution in [0.3, 0.4) is 0 Å². The van der Waals surface area contributed by atoms with E-state index in [0.717, 1.165) is 24.2 Å². The molecular weight excluding hydrogens is 270 g/mol. The molecule has 1 N–H and O–H groups in total. The Balaban J connectivity index is 1.85. The number of thiophene rings is 1. The summed E-state index contributed by atoms with van der Waals surface area (Å²) in [5.74, 6) is 0. The second-order valence-electron chi connectivity index (χ2n) is 4.98. The van der Waals surface area contributed by atoms with Gasteiger partial charge in [0.1, 0.15) is 0 Å². The quantitative estimate of drug-likeness (QED) is 0.852. The molecule has 0 unspecified atom stereocenters. The highest BCUT2D eigenvalue weighted by atomic mass is 32.1. The fraction of sp³-hybridized carbons (Fsp3) is 0.467. The van der Waals surface area contributed by atoms with E-state index < -0.39 is 0 Å². The van der Waals surface area contributed by atoms with Crippen LogP contribution in [0.25, 0.3) is 0 Å². The fourth-order valence-electron chi connectivity index (χ4n) is 1.73. The van der Waals surface area contributed by atoms with Crippen molar-refractivity contribution in [3.8, 4) is 6.01 Å². The van der Waals surface area contributed by atoms with E-state index in [1.807, 2.05) is 13.1 Å². The number of hydrogen-bond donors (Lipinski definition) is 1. The largest absolute Gasteiger partial charge is 0.463 e. The molecule has 20 heavy (non-hydrogen) atoms. The Bertz CT molecular complexity index is 526. The first kappa shape index (κ1) is 14.9. The van der Waals surface area contributed by atoms with Gasteiger partial charge < -0.3 is 10.1 Å². The third-order valence-electron chi connectivity index (χ3n) is 2.92. The molecule has 0 saturated carbocycles. The van der Waals surface area contributed by atoms with Gasteiger partial charge in [-0.3, -0.25) is 0 Å². The fourth-order valence-corrected chi connectivity index (χ4v) is 2.42. The van der Waals surface area contributed by atoms with Crippen LogP contribution >= 0.6 is 11.3 Å². The van der Waals surface area contributed by atoms with E-state index in [0.29, 0.717) is 18.7 Å². The number of aryl methyl sites for hydroxylation is 1. The predicted octanol–water partition coefficient (Wildman–Crippen LogP) is 2.97. The van der Waals surface area contributed by atoms with Crippen LogP contribution in [-0.4, -0.2) is 22.6 Å². The minimum absolute atomic E-state index is 0.455. The third-order valence-corrected chi connectivity index (χ3v) is 3.86. The van der Waals surface area contributed by atoms with E-state index in [1.54, 1.807) is 11.3 Å². The van der Waals surface area contributed by atoms with Gasteiger partial charge in [-0.25, -0.2) is 9.97 Å². The van der Waals surface area contributed by atoms with Crippen molar-refractivity contribution in [3.05, 3.63) is 39.8 Å². The third kappa shape index (κ3) is 4.58. The second-order valence-corrected chi connectivity index (χ2v) is 6.01. The van der Waals surface area contributed by atoms with E-state index in [-0.39, 0.29) is 0 Å². The molecule has 0 bridgehead atoms. The monoisotopic (exact) mass is 291 g/mol. The Morgan fingerprint density at radius 1 is 1.40 bits per heavy atom. The van der Waals surface area contributed by atoms with Crippen molar-refractivity contribution >= 4 is 11.3 Å². The van der Waals surface area contributed by atoms with Crippen LogP contribution in [-0.2, 0) is 13.0 Å². The van der Waals surface area contributed by atoms with Crippen molar-refractivity contribution in [1.29, 1.82) is 0 Å². The summed E-state index contributed by atoms with van der Waals surface area (Å²) in [4.78, 5) is 9.99. The highest BCUT2D eigenvalue weighted by Crippen LogP contribution is 2.11. The zero-order chi connectivity index (χ0) is 14.4. The smallest absolute Gasteiger partial charge is 0.316 e. The van der Waals surface area contributed by atoms with Gasteiger partial charge in [0.05, 0.1) is 6.61 Å². The van der Waals surface area contributed by atoms with Gasteiger partial charge in [-0.2, -0.15) is 0 Å². The highest BCUT2D eigenvalue weighted by molar-refractivity contribution is 7.09. The summed E-state index contributed by atoms with van der Waals surface area (Å²) < 4.78 is 5.60. The zero-order valence-electron chi connectivity index (χ0n) is 12.2. The summed E-state index contributed by atoms with van der Waals surface area (Å²) in [6.45, 7) is 7.64. The van der Waals surface area contributed by atoms with Gasteiger partial charge in [0, 0.05) is 41.3 Å². The van der Waals surface area contributed by atoms with Gasteiger partial charge in [-0.1, -0.05) is 19.9 Å². The summed E-state index contributed by atoms with van der Waals surface area (Å²) >= 11 is 1.74. The van der Waals surface area contributed by atoms with E-state index in [2.05, 4.69) is 46.6 Å². The molecule has 0 atom stereocenters. The first-order chi connectivity index (χ1) is 9.65. The van der Waals surface area contributed by atoms with Crippen LogP contribution in [0.15, 0.2) is 23.7 Å². The zero-order valence-corrected chi connectivity index (χ0v) is 13.0. The summed E-state index contributed by atoms with van der Waals surface area (Å²) in [6.07, 6.45) is 2.74. The molecule has 0 aliphatic rings. The number of hydrogen-bond acceptors (Lipinski definition) is 5. The molecule has 0 amide bonds. The average molecular weight is 291 g/mol. The van der Waals surface area contributed by atoms with Crippen molar-refractivity contribution in [2.75, 3.05) is 6.61 Å².